The first kappa shape index (κ1) is 16.6. The van der Waals surface area contributed by atoms with Gasteiger partial charge in [0.2, 0.25) is 0 Å². The molecule has 21 heavy (non-hydrogen) atoms. The summed E-state index contributed by atoms with van der Waals surface area (Å²) >= 11 is 6.13. The third kappa shape index (κ3) is 4.87. The SMILES string of the molecule is Cc1ccc([C@@H](CCC(F)(F)F)N2CCNCC2)cc1Cl. The highest BCUT2D eigenvalue weighted by atomic mass is 35.5. The molecule has 1 saturated heterocycles. The van der Waals surface area contributed by atoms with Crippen LogP contribution < -0.4 is 5.32 Å². The molecule has 1 aromatic rings. The van der Waals surface area contributed by atoms with E-state index < -0.39 is 12.6 Å². The van der Waals surface area contributed by atoms with Crippen molar-refractivity contribution in [2.24, 2.45) is 0 Å². The molecule has 0 bridgehead atoms. The topological polar surface area (TPSA) is 15.3 Å². The molecule has 0 spiro atoms. The number of aryl methyl sites for hydroxylation is 1. The molecular formula is C15H20ClF3N2. The van der Waals surface area contributed by atoms with E-state index in [2.05, 4.69) is 10.2 Å². The Labute approximate surface area is 128 Å². The number of piperazine rings is 1. The molecule has 1 heterocycles. The van der Waals surface area contributed by atoms with Gasteiger partial charge in [-0.2, -0.15) is 13.2 Å². The average Bonchev–Trinajstić information content (AvgIpc) is 2.43. The van der Waals surface area contributed by atoms with E-state index in [4.69, 9.17) is 11.6 Å². The van der Waals surface area contributed by atoms with E-state index in [0.29, 0.717) is 5.02 Å². The van der Waals surface area contributed by atoms with E-state index in [-0.39, 0.29) is 12.5 Å². The van der Waals surface area contributed by atoms with Crippen LogP contribution in [0, 0.1) is 6.92 Å². The van der Waals surface area contributed by atoms with Gasteiger partial charge in [0.15, 0.2) is 0 Å². The molecule has 1 aliphatic rings. The van der Waals surface area contributed by atoms with Crippen LogP contribution in [0.5, 0.6) is 0 Å². The van der Waals surface area contributed by atoms with Crippen LogP contribution >= 0.6 is 11.6 Å². The molecule has 1 atom stereocenters. The van der Waals surface area contributed by atoms with Crippen molar-refractivity contribution >= 4 is 11.6 Å². The van der Waals surface area contributed by atoms with Gasteiger partial charge in [-0.25, -0.2) is 0 Å². The number of halogens is 4. The number of rotatable bonds is 4. The third-order valence-electron chi connectivity index (χ3n) is 3.87. The van der Waals surface area contributed by atoms with Gasteiger partial charge in [-0.15, -0.1) is 0 Å². The Balaban J connectivity index is 2.18. The number of alkyl halides is 3. The maximum Gasteiger partial charge on any atom is 0.389 e. The first-order valence-corrected chi connectivity index (χ1v) is 7.52. The summed E-state index contributed by atoms with van der Waals surface area (Å²) in [6.45, 7) is 5.02. The zero-order valence-electron chi connectivity index (χ0n) is 12.0. The molecule has 2 rings (SSSR count). The number of benzene rings is 1. The molecule has 2 nitrogen and oxygen atoms in total. The van der Waals surface area contributed by atoms with Gasteiger partial charge in [0, 0.05) is 43.7 Å². The number of hydrogen-bond donors (Lipinski definition) is 1. The van der Waals surface area contributed by atoms with Gasteiger partial charge in [-0.1, -0.05) is 23.7 Å². The smallest absolute Gasteiger partial charge is 0.314 e. The van der Waals surface area contributed by atoms with Gasteiger partial charge in [0.25, 0.3) is 0 Å². The van der Waals surface area contributed by atoms with Crippen LogP contribution in [0.25, 0.3) is 0 Å². The molecule has 6 heteroatoms. The van der Waals surface area contributed by atoms with E-state index in [1.807, 2.05) is 19.1 Å². The van der Waals surface area contributed by atoms with Crippen molar-refractivity contribution in [1.29, 1.82) is 0 Å². The van der Waals surface area contributed by atoms with Gasteiger partial charge in [0.1, 0.15) is 0 Å². The zero-order chi connectivity index (χ0) is 15.5. The van der Waals surface area contributed by atoms with Gasteiger partial charge in [-0.3, -0.25) is 4.90 Å². The lowest BCUT2D eigenvalue weighted by molar-refractivity contribution is -0.138. The second-order valence-corrected chi connectivity index (χ2v) is 5.87. The molecule has 118 valence electrons. The molecule has 1 aliphatic heterocycles. The van der Waals surface area contributed by atoms with Crippen molar-refractivity contribution in [3.8, 4) is 0 Å². The summed E-state index contributed by atoms with van der Waals surface area (Å²) in [4.78, 5) is 2.11. The van der Waals surface area contributed by atoms with E-state index in [1.54, 1.807) is 6.07 Å². The number of nitrogens with one attached hydrogen (secondary N) is 1. The fourth-order valence-corrected chi connectivity index (χ4v) is 2.86. The quantitative estimate of drug-likeness (QED) is 0.904. The Hall–Kier alpha value is -0.780. The van der Waals surface area contributed by atoms with Crippen LogP contribution in [0.3, 0.4) is 0 Å². The van der Waals surface area contributed by atoms with Gasteiger partial charge in [-0.05, 0) is 30.5 Å². The molecule has 0 unspecified atom stereocenters. The standard InChI is InChI=1S/C15H20ClF3N2/c1-11-2-3-12(10-13(11)16)14(4-5-15(17,18)19)21-8-6-20-7-9-21/h2-3,10,14,20H,4-9H2,1H3/t14-/m1/s1. The van der Waals surface area contributed by atoms with Crippen molar-refractivity contribution < 1.29 is 13.2 Å². The summed E-state index contributed by atoms with van der Waals surface area (Å²) in [7, 11) is 0. The zero-order valence-corrected chi connectivity index (χ0v) is 12.8. The van der Waals surface area contributed by atoms with Crippen molar-refractivity contribution in [3.63, 3.8) is 0 Å². The Bertz CT molecular complexity index is 470. The third-order valence-corrected chi connectivity index (χ3v) is 4.28. The minimum Gasteiger partial charge on any atom is -0.314 e. The van der Waals surface area contributed by atoms with Crippen LogP contribution in [-0.2, 0) is 0 Å². The highest BCUT2D eigenvalue weighted by molar-refractivity contribution is 6.31. The fraction of sp³-hybridized carbons (Fsp3) is 0.600. The van der Waals surface area contributed by atoms with Crippen LogP contribution in [0.1, 0.15) is 30.0 Å². The summed E-state index contributed by atoms with van der Waals surface area (Å²) in [6, 6.07) is 5.34. The molecule has 1 aromatic carbocycles. The van der Waals surface area contributed by atoms with Crippen molar-refractivity contribution in [3.05, 3.63) is 34.3 Å². The van der Waals surface area contributed by atoms with Crippen molar-refractivity contribution in [1.82, 2.24) is 10.2 Å². The summed E-state index contributed by atoms with van der Waals surface area (Å²) in [5.74, 6) is 0. The second kappa shape index (κ2) is 6.99. The fourth-order valence-electron chi connectivity index (χ4n) is 2.67. The van der Waals surface area contributed by atoms with Crippen LogP contribution in [0.15, 0.2) is 18.2 Å². The van der Waals surface area contributed by atoms with Gasteiger partial charge < -0.3 is 5.32 Å². The summed E-state index contributed by atoms with van der Waals surface area (Å²) in [5.41, 5.74) is 1.81. The van der Waals surface area contributed by atoms with E-state index in [1.165, 1.54) is 0 Å². The monoisotopic (exact) mass is 320 g/mol. The van der Waals surface area contributed by atoms with E-state index in [9.17, 15) is 13.2 Å². The van der Waals surface area contributed by atoms with Crippen LogP contribution in [-0.4, -0.2) is 37.3 Å². The van der Waals surface area contributed by atoms with Crippen LogP contribution in [0.4, 0.5) is 13.2 Å². The summed E-state index contributed by atoms with van der Waals surface area (Å²) < 4.78 is 37.8. The first-order valence-electron chi connectivity index (χ1n) is 7.14. The Kier molecular flexibility index (Phi) is 5.52. The maximum atomic E-state index is 12.6. The van der Waals surface area contributed by atoms with E-state index in [0.717, 1.165) is 37.3 Å². The second-order valence-electron chi connectivity index (χ2n) is 5.46. The number of hydrogen-bond acceptors (Lipinski definition) is 2. The molecule has 0 amide bonds. The Morgan fingerprint density at radius 1 is 1.29 bits per heavy atom. The summed E-state index contributed by atoms with van der Waals surface area (Å²) in [5, 5.41) is 3.83. The molecule has 0 aliphatic carbocycles. The number of nitrogens with zero attached hydrogens (tertiary/aromatic N) is 1. The lowest BCUT2D eigenvalue weighted by Crippen LogP contribution is -2.45. The normalized spacial score (nSPS) is 18.7. The molecule has 0 saturated carbocycles. The molecule has 1 fully saturated rings. The molecule has 1 N–H and O–H groups in total. The Morgan fingerprint density at radius 2 is 1.95 bits per heavy atom. The lowest BCUT2D eigenvalue weighted by Gasteiger charge is -2.35. The van der Waals surface area contributed by atoms with E-state index >= 15 is 0 Å². The Morgan fingerprint density at radius 3 is 2.52 bits per heavy atom. The highest BCUT2D eigenvalue weighted by Crippen LogP contribution is 2.33. The summed E-state index contributed by atoms with van der Waals surface area (Å²) in [6.07, 6.45) is -4.82. The predicted octanol–water partition coefficient (Wildman–Crippen LogP) is 3.94. The maximum absolute atomic E-state index is 12.6. The first-order chi connectivity index (χ1) is 9.87. The highest BCUT2D eigenvalue weighted by Gasteiger charge is 2.31. The minimum atomic E-state index is -4.12. The molecule has 0 aromatic heterocycles. The predicted molar refractivity (Wildman–Crippen MR) is 78.7 cm³/mol. The van der Waals surface area contributed by atoms with Crippen molar-refractivity contribution in [2.45, 2.75) is 32.0 Å². The van der Waals surface area contributed by atoms with Gasteiger partial charge in [0.05, 0.1) is 0 Å². The average molecular weight is 321 g/mol. The largest absolute Gasteiger partial charge is 0.389 e. The minimum absolute atomic E-state index is 0.0723. The van der Waals surface area contributed by atoms with Crippen LogP contribution in [0.2, 0.25) is 5.02 Å². The molecular weight excluding hydrogens is 301 g/mol. The lowest BCUT2D eigenvalue weighted by atomic mass is 9.98. The molecule has 0 radical (unpaired) electrons. The van der Waals surface area contributed by atoms with Crippen molar-refractivity contribution in [2.75, 3.05) is 26.2 Å². The van der Waals surface area contributed by atoms with Gasteiger partial charge >= 0.3 is 6.18 Å².